The van der Waals surface area contributed by atoms with Gasteiger partial charge in [0.15, 0.2) is 0 Å². The van der Waals surface area contributed by atoms with Gasteiger partial charge in [-0.15, -0.1) is 0 Å². The van der Waals surface area contributed by atoms with E-state index in [4.69, 9.17) is 11.6 Å². The summed E-state index contributed by atoms with van der Waals surface area (Å²) in [7, 11) is 0. The van der Waals surface area contributed by atoms with Crippen LogP contribution in [0.1, 0.15) is 11.1 Å². The molecule has 0 atom stereocenters. The first kappa shape index (κ1) is 15.5. The van der Waals surface area contributed by atoms with Crippen molar-refractivity contribution in [1.29, 1.82) is 5.26 Å². The molecule has 0 aliphatic carbocycles. The Labute approximate surface area is 152 Å². The van der Waals surface area contributed by atoms with E-state index in [0.29, 0.717) is 17.1 Å². The molecule has 0 saturated heterocycles. The van der Waals surface area contributed by atoms with Gasteiger partial charge in [-0.25, -0.2) is 0 Å². The number of fused-ring (bicyclic) bond motifs is 1. The molecular formula is C22H15ClN2. The van der Waals surface area contributed by atoms with Crippen molar-refractivity contribution in [3.05, 3.63) is 89.0 Å². The van der Waals surface area contributed by atoms with Crippen LogP contribution in [0.2, 0.25) is 5.02 Å². The Hall–Kier alpha value is -3.02. The highest BCUT2D eigenvalue weighted by Gasteiger charge is 2.21. The fourth-order valence-electron chi connectivity index (χ4n) is 3.28. The SMILES string of the molecule is N#Cc1cc(Cl)ccc1N1CC=Cc2cccc(-c3ccccc3)c21. The lowest BCUT2D eigenvalue weighted by Gasteiger charge is -2.31. The molecule has 0 amide bonds. The first-order valence-corrected chi connectivity index (χ1v) is 8.48. The van der Waals surface area contributed by atoms with Crippen LogP contribution < -0.4 is 4.90 Å². The van der Waals surface area contributed by atoms with Crippen molar-refractivity contribution in [2.24, 2.45) is 0 Å². The molecule has 4 rings (SSSR count). The first-order chi connectivity index (χ1) is 12.3. The van der Waals surface area contributed by atoms with E-state index in [-0.39, 0.29) is 0 Å². The molecule has 0 spiro atoms. The Morgan fingerprint density at radius 1 is 0.960 bits per heavy atom. The van der Waals surface area contributed by atoms with E-state index in [9.17, 15) is 5.26 Å². The molecule has 1 heterocycles. The smallest absolute Gasteiger partial charge is 0.101 e. The molecule has 0 N–H and O–H groups in total. The number of nitrogens with zero attached hydrogens (tertiary/aromatic N) is 2. The summed E-state index contributed by atoms with van der Waals surface area (Å²) in [4.78, 5) is 2.19. The van der Waals surface area contributed by atoms with E-state index in [1.54, 1.807) is 6.07 Å². The van der Waals surface area contributed by atoms with E-state index in [1.807, 2.05) is 30.3 Å². The largest absolute Gasteiger partial charge is 0.336 e. The third-order valence-electron chi connectivity index (χ3n) is 4.38. The molecule has 1 aliphatic heterocycles. The molecule has 120 valence electrons. The minimum absolute atomic E-state index is 0.574. The average molecular weight is 343 g/mol. The molecule has 0 aromatic heterocycles. The van der Waals surface area contributed by atoms with Gasteiger partial charge in [-0.1, -0.05) is 72.3 Å². The van der Waals surface area contributed by atoms with Crippen LogP contribution in [0.4, 0.5) is 11.4 Å². The fraction of sp³-hybridized carbons (Fsp3) is 0.0455. The minimum Gasteiger partial charge on any atom is -0.336 e. The minimum atomic E-state index is 0.574. The highest BCUT2D eigenvalue weighted by Crippen LogP contribution is 2.41. The second-order valence-corrected chi connectivity index (χ2v) is 6.33. The van der Waals surface area contributed by atoms with Gasteiger partial charge in [0.1, 0.15) is 6.07 Å². The second kappa shape index (κ2) is 6.47. The molecule has 2 nitrogen and oxygen atoms in total. The zero-order valence-corrected chi connectivity index (χ0v) is 14.2. The van der Waals surface area contributed by atoms with Crippen molar-refractivity contribution in [1.82, 2.24) is 0 Å². The van der Waals surface area contributed by atoms with Crippen molar-refractivity contribution in [2.45, 2.75) is 0 Å². The number of nitriles is 1. The highest BCUT2D eigenvalue weighted by atomic mass is 35.5. The maximum atomic E-state index is 9.55. The van der Waals surface area contributed by atoms with Crippen molar-refractivity contribution in [2.75, 3.05) is 11.4 Å². The van der Waals surface area contributed by atoms with Crippen LogP contribution in [-0.2, 0) is 0 Å². The van der Waals surface area contributed by atoms with Gasteiger partial charge in [0.2, 0.25) is 0 Å². The summed E-state index contributed by atoms with van der Waals surface area (Å²) in [5.41, 5.74) is 6.03. The maximum absolute atomic E-state index is 9.55. The van der Waals surface area contributed by atoms with E-state index in [2.05, 4.69) is 53.5 Å². The van der Waals surface area contributed by atoms with Crippen LogP contribution in [0.15, 0.2) is 72.8 Å². The summed E-state index contributed by atoms with van der Waals surface area (Å²) < 4.78 is 0. The Morgan fingerprint density at radius 2 is 1.80 bits per heavy atom. The van der Waals surface area contributed by atoms with Crippen LogP contribution in [0.3, 0.4) is 0 Å². The summed E-state index contributed by atoms with van der Waals surface area (Å²) in [6.07, 6.45) is 4.26. The van der Waals surface area contributed by atoms with Gasteiger partial charge in [-0.3, -0.25) is 0 Å². The van der Waals surface area contributed by atoms with Crippen LogP contribution >= 0.6 is 11.6 Å². The molecule has 0 radical (unpaired) electrons. The van der Waals surface area contributed by atoms with E-state index < -0.39 is 0 Å². The number of benzene rings is 3. The van der Waals surface area contributed by atoms with Gasteiger partial charge >= 0.3 is 0 Å². The molecule has 0 fully saturated rings. The number of para-hydroxylation sites is 1. The predicted octanol–water partition coefficient (Wildman–Crippen LogP) is 6.04. The predicted molar refractivity (Wildman–Crippen MR) is 104 cm³/mol. The Morgan fingerprint density at radius 3 is 2.60 bits per heavy atom. The number of anilines is 2. The van der Waals surface area contributed by atoms with Gasteiger partial charge in [0, 0.05) is 17.1 Å². The van der Waals surface area contributed by atoms with Gasteiger partial charge in [0.25, 0.3) is 0 Å². The summed E-state index contributed by atoms with van der Waals surface area (Å²) in [5.74, 6) is 0. The molecular weight excluding hydrogens is 328 g/mol. The molecule has 0 saturated carbocycles. The number of hydrogen-bond donors (Lipinski definition) is 0. The molecule has 25 heavy (non-hydrogen) atoms. The van der Waals surface area contributed by atoms with Crippen LogP contribution in [0, 0.1) is 11.3 Å². The molecule has 0 unspecified atom stereocenters. The Bertz CT molecular complexity index is 1000. The second-order valence-electron chi connectivity index (χ2n) is 5.90. The average Bonchev–Trinajstić information content (AvgIpc) is 2.67. The Balaban J connectivity index is 1.94. The first-order valence-electron chi connectivity index (χ1n) is 8.10. The quantitative estimate of drug-likeness (QED) is 0.567. The van der Waals surface area contributed by atoms with Crippen molar-refractivity contribution in [3.63, 3.8) is 0 Å². The topological polar surface area (TPSA) is 27.0 Å². The van der Waals surface area contributed by atoms with Crippen molar-refractivity contribution < 1.29 is 0 Å². The van der Waals surface area contributed by atoms with E-state index >= 15 is 0 Å². The normalized spacial score (nSPS) is 12.6. The van der Waals surface area contributed by atoms with E-state index in [1.165, 1.54) is 0 Å². The van der Waals surface area contributed by atoms with Crippen LogP contribution in [-0.4, -0.2) is 6.54 Å². The van der Waals surface area contributed by atoms with Crippen LogP contribution in [0.5, 0.6) is 0 Å². The lowest BCUT2D eigenvalue weighted by molar-refractivity contribution is 1.08. The number of halogens is 1. The van der Waals surface area contributed by atoms with E-state index in [0.717, 1.165) is 28.1 Å². The summed E-state index contributed by atoms with van der Waals surface area (Å²) in [6, 6.07) is 24.4. The lowest BCUT2D eigenvalue weighted by Crippen LogP contribution is -2.22. The van der Waals surface area contributed by atoms with Gasteiger partial charge in [-0.05, 0) is 29.3 Å². The summed E-state index contributed by atoms with van der Waals surface area (Å²) in [5, 5.41) is 10.1. The van der Waals surface area contributed by atoms with Crippen molar-refractivity contribution >= 4 is 29.1 Å². The fourth-order valence-corrected chi connectivity index (χ4v) is 3.45. The van der Waals surface area contributed by atoms with Crippen LogP contribution in [0.25, 0.3) is 17.2 Å². The molecule has 3 aromatic carbocycles. The maximum Gasteiger partial charge on any atom is 0.101 e. The third-order valence-corrected chi connectivity index (χ3v) is 4.61. The molecule has 3 heteroatoms. The van der Waals surface area contributed by atoms with Gasteiger partial charge in [0.05, 0.1) is 16.9 Å². The van der Waals surface area contributed by atoms with Gasteiger partial charge < -0.3 is 4.90 Å². The lowest BCUT2D eigenvalue weighted by atomic mass is 9.96. The number of rotatable bonds is 2. The molecule has 3 aromatic rings. The third kappa shape index (κ3) is 2.80. The zero-order valence-electron chi connectivity index (χ0n) is 13.5. The summed E-state index contributed by atoms with van der Waals surface area (Å²) >= 11 is 6.08. The standard InChI is InChI=1S/C22H15ClN2/c23-19-11-12-21(18(14-19)15-24)25-13-5-9-17-8-4-10-20(22(17)25)16-6-2-1-3-7-16/h1-12,14H,13H2. The summed E-state index contributed by atoms with van der Waals surface area (Å²) in [6.45, 7) is 0.715. The van der Waals surface area contributed by atoms with Crippen molar-refractivity contribution in [3.8, 4) is 17.2 Å². The number of hydrogen-bond acceptors (Lipinski definition) is 2. The zero-order chi connectivity index (χ0) is 17.2. The highest BCUT2D eigenvalue weighted by molar-refractivity contribution is 6.30. The molecule has 0 bridgehead atoms. The Kier molecular flexibility index (Phi) is 4.01. The molecule has 1 aliphatic rings. The van der Waals surface area contributed by atoms with Gasteiger partial charge in [-0.2, -0.15) is 5.26 Å². The monoisotopic (exact) mass is 342 g/mol.